The van der Waals surface area contributed by atoms with Crippen molar-refractivity contribution in [3.05, 3.63) is 35.9 Å². The topological polar surface area (TPSA) is 70.0 Å². The number of thioether (sulfide) groups is 1. The lowest BCUT2D eigenvalue weighted by molar-refractivity contribution is -0.131. The first-order valence-electron chi connectivity index (χ1n) is 6.96. The van der Waals surface area contributed by atoms with Crippen molar-refractivity contribution >= 4 is 23.5 Å². The zero-order valence-corrected chi connectivity index (χ0v) is 13.2. The predicted molar refractivity (Wildman–Crippen MR) is 84.6 cm³/mol. The van der Waals surface area contributed by atoms with Crippen molar-refractivity contribution < 1.29 is 9.59 Å². The fourth-order valence-electron chi connectivity index (χ4n) is 1.71. The summed E-state index contributed by atoms with van der Waals surface area (Å²) in [5, 5.41) is 11.3. The van der Waals surface area contributed by atoms with Crippen molar-refractivity contribution in [2.75, 3.05) is 6.54 Å². The Morgan fingerprint density at radius 3 is 2.57 bits per heavy atom. The van der Waals surface area contributed by atoms with Crippen LogP contribution in [0.2, 0.25) is 0 Å². The summed E-state index contributed by atoms with van der Waals surface area (Å²) in [7, 11) is 0. The molecule has 0 bridgehead atoms. The maximum absolute atomic E-state index is 12.2. The molecule has 0 heterocycles. The molecule has 0 saturated carbocycles. The van der Waals surface area contributed by atoms with Gasteiger partial charge < -0.3 is 5.32 Å². The second-order valence-electron chi connectivity index (χ2n) is 4.69. The van der Waals surface area contributed by atoms with Gasteiger partial charge >= 0.3 is 0 Å². The lowest BCUT2D eigenvalue weighted by Gasteiger charge is -2.14. The molecule has 2 atom stereocenters. The van der Waals surface area contributed by atoms with E-state index in [2.05, 4.69) is 5.32 Å². The maximum Gasteiger partial charge on any atom is 0.245 e. The fourth-order valence-corrected chi connectivity index (χ4v) is 2.65. The van der Waals surface area contributed by atoms with Crippen LogP contribution in [0.1, 0.15) is 25.8 Å². The number of nitriles is 1. The van der Waals surface area contributed by atoms with Crippen molar-refractivity contribution in [1.82, 2.24) is 5.32 Å². The van der Waals surface area contributed by atoms with Gasteiger partial charge in [0.05, 0.1) is 11.3 Å². The SMILES string of the molecule is CCCNC(=O)C(C#N)C(=O)C(C)SCc1ccccc1. The summed E-state index contributed by atoms with van der Waals surface area (Å²) in [6, 6.07) is 11.6. The molecule has 112 valence electrons. The molecule has 1 aromatic carbocycles. The molecule has 1 amide bonds. The van der Waals surface area contributed by atoms with Crippen LogP contribution in [-0.4, -0.2) is 23.5 Å². The molecule has 0 aromatic heterocycles. The molecule has 5 heteroatoms. The standard InChI is InChI=1S/C16H20N2O2S/c1-3-9-18-16(20)14(10-17)15(19)12(2)21-11-13-7-5-4-6-8-13/h4-8,12,14H,3,9,11H2,1-2H3,(H,18,20). The Morgan fingerprint density at radius 1 is 1.33 bits per heavy atom. The molecule has 4 nitrogen and oxygen atoms in total. The Labute approximate surface area is 129 Å². The van der Waals surface area contributed by atoms with Gasteiger partial charge in [-0.25, -0.2) is 0 Å². The molecular weight excluding hydrogens is 284 g/mol. The van der Waals surface area contributed by atoms with E-state index in [1.54, 1.807) is 6.92 Å². The molecular formula is C16H20N2O2S. The average molecular weight is 304 g/mol. The number of Topliss-reactive ketones (excluding diaryl/α,β-unsaturated/α-hetero) is 1. The van der Waals surface area contributed by atoms with Gasteiger partial charge in [-0.2, -0.15) is 5.26 Å². The van der Waals surface area contributed by atoms with Gasteiger partial charge in [0.25, 0.3) is 0 Å². The van der Waals surface area contributed by atoms with Gasteiger partial charge in [-0.3, -0.25) is 9.59 Å². The fraction of sp³-hybridized carbons (Fsp3) is 0.438. The van der Waals surface area contributed by atoms with E-state index in [0.29, 0.717) is 12.3 Å². The van der Waals surface area contributed by atoms with Crippen molar-refractivity contribution in [3.8, 4) is 6.07 Å². The van der Waals surface area contributed by atoms with Crippen LogP contribution in [0, 0.1) is 17.2 Å². The monoisotopic (exact) mass is 304 g/mol. The predicted octanol–water partition coefficient (Wildman–Crippen LogP) is 2.54. The van der Waals surface area contributed by atoms with E-state index in [1.807, 2.05) is 43.3 Å². The van der Waals surface area contributed by atoms with Crippen LogP contribution in [0.5, 0.6) is 0 Å². The minimum absolute atomic E-state index is 0.327. The summed E-state index contributed by atoms with van der Waals surface area (Å²) >= 11 is 1.44. The highest BCUT2D eigenvalue weighted by Gasteiger charge is 2.30. The number of hydrogen-bond acceptors (Lipinski definition) is 4. The molecule has 0 radical (unpaired) electrons. The van der Waals surface area contributed by atoms with Gasteiger partial charge in [0.15, 0.2) is 11.7 Å². The van der Waals surface area contributed by atoms with Gasteiger partial charge in [-0.05, 0) is 18.9 Å². The second kappa shape index (κ2) is 9.19. The van der Waals surface area contributed by atoms with Crippen LogP contribution in [0.15, 0.2) is 30.3 Å². The Hall–Kier alpha value is -1.80. The first-order valence-corrected chi connectivity index (χ1v) is 8.01. The number of nitrogens with one attached hydrogen (secondary N) is 1. The summed E-state index contributed by atoms with van der Waals surface area (Å²) < 4.78 is 0. The van der Waals surface area contributed by atoms with Crippen molar-refractivity contribution in [3.63, 3.8) is 0 Å². The van der Waals surface area contributed by atoms with E-state index in [-0.39, 0.29) is 11.0 Å². The van der Waals surface area contributed by atoms with Crippen molar-refractivity contribution in [1.29, 1.82) is 5.26 Å². The molecule has 0 aliphatic rings. The first-order chi connectivity index (χ1) is 10.1. The Balaban J connectivity index is 2.55. The molecule has 0 aliphatic heterocycles. The summed E-state index contributed by atoms with van der Waals surface area (Å²) in [6.07, 6.45) is 0.774. The zero-order valence-electron chi connectivity index (χ0n) is 12.3. The summed E-state index contributed by atoms with van der Waals surface area (Å²) in [6.45, 7) is 4.14. The molecule has 2 unspecified atom stereocenters. The van der Waals surface area contributed by atoms with Crippen LogP contribution >= 0.6 is 11.8 Å². The molecule has 1 N–H and O–H groups in total. The highest BCUT2D eigenvalue weighted by atomic mass is 32.2. The number of rotatable bonds is 8. The molecule has 0 spiro atoms. The smallest absolute Gasteiger partial charge is 0.245 e. The summed E-state index contributed by atoms with van der Waals surface area (Å²) in [4.78, 5) is 24.0. The zero-order chi connectivity index (χ0) is 15.7. The third kappa shape index (κ3) is 5.60. The number of amides is 1. The summed E-state index contributed by atoms with van der Waals surface area (Å²) in [5.74, 6) is -1.35. The van der Waals surface area contributed by atoms with Crippen LogP contribution in [-0.2, 0) is 15.3 Å². The maximum atomic E-state index is 12.2. The Morgan fingerprint density at radius 2 is 2.00 bits per heavy atom. The van der Waals surface area contributed by atoms with Crippen LogP contribution in [0.3, 0.4) is 0 Å². The van der Waals surface area contributed by atoms with E-state index >= 15 is 0 Å². The lowest BCUT2D eigenvalue weighted by Crippen LogP contribution is -2.38. The quantitative estimate of drug-likeness (QED) is 0.749. The number of hydrogen-bond donors (Lipinski definition) is 1. The highest BCUT2D eigenvalue weighted by Crippen LogP contribution is 2.20. The van der Waals surface area contributed by atoms with E-state index in [9.17, 15) is 9.59 Å². The minimum Gasteiger partial charge on any atom is -0.355 e. The second-order valence-corrected chi connectivity index (χ2v) is 6.02. The van der Waals surface area contributed by atoms with Gasteiger partial charge in [-0.1, -0.05) is 37.3 Å². The normalized spacial score (nSPS) is 13.0. The van der Waals surface area contributed by atoms with Gasteiger partial charge in [0, 0.05) is 12.3 Å². The molecule has 0 aliphatic carbocycles. The lowest BCUT2D eigenvalue weighted by atomic mass is 10.0. The third-order valence-electron chi connectivity index (χ3n) is 2.97. The van der Waals surface area contributed by atoms with Crippen LogP contribution in [0.4, 0.5) is 0 Å². The third-order valence-corrected chi connectivity index (χ3v) is 4.20. The first kappa shape index (κ1) is 17.3. The molecule has 1 rings (SSSR count). The Bertz CT molecular complexity index is 511. The van der Waals surface area contributed by atoms with Crippen molar-refractivity contribution in [2.24, 2.45) is 5.92 Å². The number of nitrogens with zero attached hydrogens (tertiary/aromatic N) is 1. The molecule has 0 fully saturated rings. The molecule has 21 heavy (non-hydrogen) atoms. The average Bonchev–Trinajstić information content (AvgIpc) is 2.52. The largest absolute Gasteiger partial charge is 0.355 e. The molecule has 0 saturated heterocycles. The van der Waals surface area contributed by atoms with Gasteiger partial charge in [-0.15, -0.1) is 11.8 Å². The van der Waals surface area contributed by atoms with Crippen molar-refractivity contribution in [2.45, 2.75) is 31.3 Å². The van der Waals surface area contributed by atoms with Gasteiger partial charge in [0.1, 0.15) is 0 Å². The van der Waals surface area contributed by atoms with E-state index < -0.39 is 11.8 Å². The van der Waals surface area contributed by atoms with Crippen LogP contribution < -0.4 is 5.32 Å². The van der Waals surface area contributed by atoms with Gasteiger partial charge in [0.2, 0.25) is 5.91 Å². The number of benzene rings is 1. The Kier molecular flexibility index (Phi) is 7.55. The molecule has 1 aromatic rings. The van der Waals surface area contributed by atoms with E-state index in [4.69, 9.17) is 5.26 Å². The van der Waals surface area contributed by atoms with E-state index in [1.165, 1.54) is 11.8 Å². The number of carbonyl (C=O) groups excluding carboxylic acids is 2. The highest BCUT2D eigenvalue weighted by molar-refractivity contribution is 7.99. The number of ketones is 1. The van der Waals surface area contributed by atoms with E-state index in [0.717, 1.165) is 12.0 Å². The van der Waals surface area contributed by atoms with Crippen LogP contribution in [0.25, 0.3) is 0 Å². The minimum atomic E-state index is -1.21. The summed E-state index contributed by atoms with van der Waals surface area (Å²) in [5.41, 5.74) is 1.12. The number of carbonyl (C=O) groups is 2.